The lowest BCUT2D eigenvalue weighted by molar-refractivity contribution is 0.578. The second-order valence-corrected chi connectivity index (χ2v) is 5.24. The molecular formula is C13H11BrClFN2. The average Bonchev–Trinajstić information content (AvgIpc) is 2.35. The highest BCUT2D eigenvalue weighted by atomic mass is 79.9. The zero-order valence-electron chi connectivity index (χ0n) is 9.41. The third kappa shape index (κ3) is 3.07. The van der Waals surface area contributed by atoms with Gasteiger partial charge in [0.25, 0.3) is 0 Å². The Hall–Kier alpha value is -0.970. The van der Waals surface area contributed by atoms with E-state index >= 15 is 0 Å². The predicted octanol–water partition coefficient (Wildman–Crippen LogP) is 3.88. The van der Waals surface area contributed by atoms with Crippen LogP contribution >= 0.6 is 27.5 Å². The fourth-order valence-corrected chi connectivity index (χ4v) is 2.09. The highest BCUT2D eigenvalue weighted by Crippen LogP contribution is 2.24. The molecule has 0 saturated heterocycles. The molecule has 94 valence electrons. The highest BCUT2D eigenvalue weighted by molar-refractivity contribution is 9.10. The number of nitrogens with zero attached hydrogens (tertiary/aromatic N) is 1. The molecule has 1 unspecified atom stereocenters. The number of rotatable bonds is 3. The topological polar surface area (TPSA) is 38.9 Å². The molecule has 0 fully saturated rings. The van der Waals surface area contributed by atoms with E-state index in [9.17, 15) is 4.39 Å². The van der Waals surface area contributed by atoms with Crippen molar-refractivity contribution in [3.05, 3.63) is 63.1 Å². The van der Waals surface area contributed by atoms with Crippen LogP contribution in [0.5, 0.6) is 0 Å². The van der Waals surface area contributed by atoms with Gasteiger partial charge in [0.2, 0.25) is 0 Å². The van der Waals surface area contributed by atoms with Gasteiger partial charge in [-0.15, -0.1) is 0 Å². The maximum absolute atomic E-state index is 13.8. The molecule has 0 amide bonds. The molecule has 2 aromatic rings. The van der Waals surface area contributed by atoms with Crippen LogP contribution in [0.2, 0.25) is 5.02 Å². The van der Waals surface area contributed by atoms with Gasteiger partial charge in [-0.2, -0.15) is 0 Å². The van der Waals surface area contributed by atoms with E-state index in [1.165, 1.54) is 6.07 Å². The summed E-state index contributed by atoms with van der Waals surface area (Å²) in [7, 11) is 0. The van der Waals surface area contributed by atoms with E-state index in [4.69, 9.17) is 17.3 Å². The Morgan fingerprint density at radius 1 is 1.33 bits per heavy atom. The van der Waals surface area contributed by atoms with E-state index in [0.29, 0.717) is 12.0 Å². The average molecular weight is 330 g/mol. The van der Waals surface area contributed by atoms with Crippen LogP contribution in [0.1, 0.15) is 17.3 Å². The smallest absolute Gasteiger partial charge is 0.146 e. The monoisotopic (exact) mass is 328 g/mol. The van der Waals surface area contributed by atoms with Crippen LogP contribution in [0.4, 0.5) is 4.39 Å². The Kier molecular flexibility index (Phi) is 4.32. The van der Waals surface area contributed by atoms with E-state index in [1.807, 2.05) is 12.1 Å². The number of hydrogen-bond acceptors (Lipinski definition) is 2. The van der Waals surface area contributed by atoms with Crippen LogP contribution in [-0.4, -0.2) is 4.98 Å². The van der Waals surface area contributed by atoms with Gasteiger partial charge in [-0.1, -0.05) is 23.7 Å². The van der Waals surface area contributed by atoms with Crippen molar-refractivity contribution in [1.82, 2.24) is 4.98 Å². The third-order valence-electron chi connectivity index (χ3n) is 2.60. The van der Waals surface area contributed by atoms with Gasteiger partial charge in [-0.25, -0.2) is 4.39 Å². The first-order chi connectivity index (χ1) is 8.58. The minimum atomic E-state index is -0.461. The molecule has 1 atom stereocenters. The summed E-state index contributed by atoms with van der Waals surface area (Å²) in [6.07, 6.45) is 2.15. The minimum Gasteiger partial charge on any atom is -0.324 e. The van der Waals surface area contributed by atoms with Crippen LogP contribution in [-0.2, 0) is 6.42 Å². The summed E-state index contributed by atoms with van der Waals surface area (Å²) >= 11 is 9.04. The fourth-order valence-electron chi connectivity index (χ4n) is 1.67. The Balaban J connectivity index is 2.19. The first kappa shape index (κ1) is 13.5. The minimum absolute atomic E-state index is 0.0896. The van der Waals surface area contributed by atoms with Gasteiger partial charge in [0, 0.05) is 34.4 Å². The van der Waals surface area contributed by atoms with Gasteiger partial charge in [0.15, 0.2) is 0 Å². The molecule has 1 aromatic carbocycles. The Morgan fingerprint density at radius 3 is 2.78 bits per heavy atom. The van der Waals surface area contributed by atoms with E-state index in [2.05, 4.69) is 20.9 Å². The SMILES string of the molecule is NC(Cc1ccc(Br)cn1)c1cccc(Cl)c1F. The molecule has 0 bridgehead atoms. The lowest BCUT2D eigenvalue weighted by Crippen LogP contribution is -2.15. The van der Waals surface area contributed by atoms with Crippen molar-refractivity contribution in [2.75, 3.05) is 0 Å². The molecule has 2 N–H and O–H groups in total. The Morgan fingerprint density at radius 2 is 2.11 bits per heavy atom. The zero-order chi connectivity index (χ0) is 13.1. The van der Waals surface area contributed by atoms with Crippen molar-refractivity contribution in [3.8, 4) is 0 Å². The normalized spacial score (nSPS) is 12.4. The van der Waals surface area contributed by atoms with Gasteiger partial charge in [-0.05, 0) is 34.1 Å². The lowest BCUT2D eigenvalue weighted by atomic mass is 10.0. The molecule has 5 heteroatoms. The molecule has 0 aliphatic heterocycles. The summed E-state index contributed by atoms with van der Waals surface area (Å²) in [5, 5.41) is 0.0896. The van der Waals surface area contributed by atoms with Crippen LogP contribution in [0.3, 0.4) is 0 Å². The fraction of sp³-hybridized carbons (Fsp3) is 0.154. The van der Waals surface area contributed by atoms with Crippen LogP contribution in [0.15, 0.2) is 41.0 Å². The van der Waals surface area contributed by atoms with Crippen molar-refractivity contribution in [1.29, 1.82) is 0 Å². The van der Waals surface area contributed by atoms with E-state index < -0.39 is 11.9 Å². The number of pyridine rings is 1. The molecule has 18 heavy (non-hydrogen) atoms. The standard InChI is InChI=1S/C13H11BrClFN2/c14-8-4-5-9(18-7-8)6-12(17)10-2-1-3-11(15)13(10)16/h1-5,7,12H,6,17H2. The van der Waals surface area contributed by atoms with Crippen LogP contribution in [0.25, 0.3) is 0 Å². The number of hydrogen-bond donors (Lipinski definition) is 1. The molecule has 1 heterocycles. The summed E-state index contributed by atoms with van der Waals surface area (Å²) in [5.41, 5.74) is 7.20. The second kappa shape index (κ2) is 5.78. The summed E-state index contributed by atoms with van der Waals surface area (Å²) in [4.78, 5) is 4.21. The second-order valence-electron chi connectivity index (χ2n) is 3.92. The zero-order valence-corrected chi connectivity index (χ0v) is 11.7. The molecule has 2 rings (SSSR count). The maximum Gasteiger partial charge on any atom is 0.146 e. The first-order valence-corrected chi connectivity index (χ1v) is 6.55. The van der Waals surface area contributed by atoms with E-state index in [0.717, 1.165) is 10.2 Å². The molecule has 0 spiro atoms. The molecule has 0 saturated carbocycles. The van der Waals surface area contributed by atoms with Crippen LogP contribution < -0.4 is 5.73 Å². The summed E-state index contributed by atoms with van der Waals surface area (Å²) in [6, 6.07) is 8.11. The lowest BCUT2D eigenvalue weighted by Gasteiger charge is -2.13. The van der Waals surface area contributed by atoms with Gasteiger partial charge >= 0.3 is 0 Å². The van der Waals surface area contributed by atoms with Crippen LogP contribution in [0, 0.1) is 5.82 Å². The largest absolute Gasteiger partial charge is 0.324 e. The molecule has 2 nitrogen and oxygen atoms in total. The third-order valence-corrected chi connectivity index (χ3v) is 3.36. The molecule has 0 aliphatic carbocycles. The number of halogens is 3. The number of aromatic nitrogens is 1. The number of nitrogens with two attached hydrogens (primary N) is 1. The summed E-state index contributed by atoms with van der Waals surface area (Å²) < 4.78 is 14.7. The molecule has 0 radical (unpaired) electrons. The number of benzene rings is 1. The summed E-state index contributed by atoms with van der Waals surface area (Å²) in [6.45, 7) is 0. The predicted molar refractivity (Wildman–Crippen MR) is 74.0 cm³/mol. The van der Waals surface area contributed by atoms with Crippen molar-refractivity contribution in [3.63, 3.8) is 0 Å². The summed E-state index contributed by atoms with van der Waals surface area (Å²) in [5.74, 6) is -0.455. The highest BCUT2D eigenvalue weighted by Gasteiger charge is 2.14. The maximum atomic E-state index is 13.8. The first-order valence-electron chi connectivity index (χ1n) is 5.38. The van der Waals surface area contributed by atoms with Gasteiger partial charge in [-0.3, -0.25) is 4.98 Å². The molecular weight excluding hydrogens is 319 g/mol. The van der Waals surface area contributed by atoms with Gasteiger partial charge in [0.1, 0.15) is 5.82 Å². The quantitative estimate of drug-likeness (QED) is 0.928. The van der Waals surface area contributed by atoms with Crippen molar-refractivity contribution < 1.29 is 4.39 Å². The Labute approximate surface area is 118 Å². The van der Waals surface area contributed by atoms with Crippen molar-refractivity contribution in [2.24, 2.45) is 5.73 Å². The van der Waals surface area contributed by atoms with Crippen molar-refractivity contribution in [2.45, 2.75) is 12.5 Å². The Bertz CT molecular complexity index is 545. The van der Waals surface area contributed by atoms with Crippen molar-refractivity contribution >= 4 is 27.5 Å². The van der Waals surface area contributed by atoms with E-state index in [1.54, 1.807) is 18.3 Å². The van der Waals surface area contributed by atoms with E-state index in [-0.39, 0.29) is 5.02 Å². The molecule has 1 aromatic heterocycles. The van der Waals surface area contributed by atoms with Gasteiger partial charge in [0.05, 0.1) is 5.02 Å². The molecule has 0 aliphatic rings. The van der Waals surface area contributed by atoms with Gasteiger partial charge < -0.3 is 5.73 Å².